The zero-order valence-corrected chi connectivity index (χ0v) is 9.30. The smallest absolute Gasteiger partial charge is 0.0613 e. The highest BCUT2D eigenvalue weighted by atomic mass is 14.7. The van der Waals surface area contributed by atoms with Gasteiger partial charge in [-0.15, -0.1) is 6.58 Å². The normalized spacial score (nSPS) is 12.1. The largest absolute Gasteiger partial charge is 0.260 e. The molecule has 2 aromatic rings. The van der Waals surface area contributed by atoms with Crippen molar-refractivity contribution in [2.75, 3.05) is 0 Å². The molecule has 2 nitrogen and oxygen atoms in total. The van der Waals surface area contributed by atoms with Gasteiger partial charge in [0.1, 0.15) is 0 Å². The van der Waals surface area contributed by atoms with Crippen LogP contribution < -0.4 is 0 Å². The number of rotatable bonds is 3. The first-order valence-corrected chi connectivity index (χ1v) is 5.28. The summed E-state index contributed by atoms with van der Waals surface area (Å²) >= 11 is 0. The molecular weight excluding hydrogens is 196 g/mol. The predicted molar refractivity (Wildman–Crippen MR) is 65.3 cm³/mol. The van der Waals surface area contributed by atoms with Crippen molar-refractivity contribution >= 4 is 0 Å². The Bertz CT molecular complexity index is 477. The third-order valence-electron chi connectivity index (χ3n) is 2.47. The molecule has 1 unspecified atom stereocenters. The molecule has 1 atom stereocenters. The number of allylic oxidation sites excluding steroid dienone is 1. The lowest BCUT2D eigenvalue weighted by atomic mass is 10.00. The first-order valence-electron chi connectivity index (χ1n) is 5.28. The summed E-state index contributed by atoms with van der Waals surface area (Å²) in [5.41, 5.74) is 2.99. The van der Waals surface area contributed by atoms with E-state index in [9.17, 15) is 0 Å². The van der Waals surface area contributed by atoms with Crippen molar-refractivity contribution in [2.24, 2.45) is 0 Å². The Morgan fingerprint density at radius 1 is 1.12 bits per heavy atom. The molecule has 0 aromatic carbocycles. The minimum atomic E-state index is 0.0705. The van der Waals surface area contributed by atoms with E-state index in [1.807, 2.05) is 49.4 Å². The van der Waals surface area contributed by atoms with Crippen LogP contribution in [0.4, 0.5) is 0 Å². The van der Waals surface area contributed by atoms with E-state index in [0.717, 1.165) is 17.1 Å². The highest BCUT2D eigenvalue weighted by Gasteiger charge is 2.12. The molecule has 0 bridgehead atoms. The van der Waals surface area contributed by atoms with E-state index in [2.05, 4.69) is 16.5 Å². The molecule has 0 aliphatic heterocycles. The van der Waals surface area contributed by atoms with Crippen LogP contribution in [0.15, 0.2) is 55.3 Å². The van der Waals surface area contributed by atoms with Crippen LogP contribution in [0, 0.1) is 6.92 Å². The lowest BCUT2D eigenvalue weighted by Crippen LogP contribution is -2.02. The van der Waals surface area contributed by atoms with Crippen LogP contribution >= 0.6 is 0 Å². The van der Waals surface area contributed by atoms with Gasteiger partial charge in [0.15, 0.2) is 0 Å². The third-order valence-corrected chi connectivity index (χ3v) is 2.47. The molecule has 2 heteroatoms. The van der Waals surface area contributed by atoms with Crippen LogP contribution in [-0.2, 0) is 0 Å². The molecule has 2 aromatic heterocycles. The minimum Gasteiger partial charge on any atom is -0.260 e. The van der Waals surface area contributed by atoms with Crippen molar-refractivity contribution in [2.45, 2.75) is 12.8 Å². The number of pyridine rings is 2. The standard InChI is InChI=1S/C14H14N2/c1-3-12(13-8-4-5-10-15-13)14-9-6-7-11(2)16-14/h3-10,12H,1H2,2H3. The van der Waals surface area contributed by atoms with E-state index >= 15 is 0 Å². The van der Waals surface area contributed by atoms with Gasteiger partial charge in [-0.05, 0) is 31.2 Å². The van der Waals surface area contributed by atoms with Crippen LogP contribution in [0.25, 0.3) is 0 Å². The Morgan fingerprint density at radius 2 is 1.94 bits per heavy atom. The van der Waals surface area contributed by atoms with Crippen LogP contribution in [0.2, 0.25) is 0 Å². The molecule has 0 saturated heterocycles. The SMILES string of the molecule is C=CC(c1ccccn1)c1cccc(C)n1. The van der Waals surface area contributed by atoms with Crippen molar-refractivity contribution in [3.63, 3.8) is 0 Å². The van der Waals surface area contributed by atoms with Gasteiger partial charge in [-0.25, -0.2) is 0 Å². The van der Waals surface area contributed by atoms with Gasteiger partial charge >= 0.3 is 0 Å². The highest BCUT2D eigenvalue weighted by Crippen LogP contribution is 2.22. The first-order chi connectivity index (χ1) is 7.81. The second-order valence-corrected chi connectivity index (χ2v) is 3.67. The van der Waals surface area contributed by atoms with Gasteiger partial charge in [0.2, 0.25) is 0 Å². The Kier molecular flexibility index (Phi) is 3.10. The first kappa shape index (κ1) is 10.6. The minimum absolute atomic E-state index is 0.0705. The Balaban J connectivity index is 2.41. The van der Waals surface area contributed by atoms with Crippen molar-refractivity contribution in [3.8, 4) is 0 Å². The topological polar surface area (TPSA) is 25.8 Å². The Hall–Kier alpha value is -1.96. The molecule has 0 amide bonds. The molecule has 16 heavy (non-hydrogen) atoms. The van der Waals surface area contributed by atoms with Crippen molar-refractivity contribution in [1.29, 1.82) is 0 Å². The molecule has 2 rings (SSSR count). The van der Waals surface area contributed by atoms with Crippen LogP contribution in [0.1, 0.15) is 23.0 Å². The average Bonchev–Trinajstić information content (AvgIpc) is 2.31. The number of aryl methyl sites for hydroxylation is 1. The fraction of sp³-hybridized carbons (Fsp3) is 0.143. The van der Waals surface area contributed by atoms with Crippen LogP contribution in [0.5, 0.6) is 0 Å². The summed E-state index contributed by atoms with van der Waals surface area (Å²) in [6.07, 6.45) is 3.67. The van der Waals surface area contributed by atoms with Crippen LogP contribution in [0.3, 0.4) is 0 Å². The fourth-order valence-corrected chi connectivity index (χ4v) is 1.69. The van der Waals surface area contributed by atoms with E-state index in [-0.39, 0.29) is 5.92 Å². The van der Waals surface area contributed by atoms with Gasteiger partial charge in [0, 0.05) is 11.9 Å². The molecule has 0 fully saturated rings. The molecular formula is C14H14N2. The van der Waals surface area contributed by atoms with Crippen molar-refractivity contribution in [1.82, 2.24) is 9.97 Å². The van der Waals surface area contributed by atoms with E-state index in [1.165, 1.54) is 0 Å². The Labute approximate surface area is 95.7 Å². The highest BCUT2D eigenvalue weighted by molar-refractivity contribution is 5.28. The van der Waals surface area contributed by atoms with E-state index in [0.29, 0.717) is 0 Å². The molecule has 0 aliphatic rings. The summed E-state index contributed by atoms with van der Waals surface area (Å²) in [6.45, 7) is 5.85. The number of hydrogen-bond acceptors (Lipinski definition) is 2. The monoisotopic (exact) mass is 210 g/mol. The summed E-state index contributed by atoms with van der Waals surface area (Å²) in [7, 11) is 0. The summed E-state index contributed by atoms with van der Waals surface area (Å²) in [5.74, 6) is 0.0705. The predicted octanol–water partition coefficient (Wildman–Crippen LogP) is 3.10. The lowest BCUT2D eigenvalue weighted by Gasteiger charge is -2.11. The molecule has 0 N–H and O–H groups in total. The summed E-state index contributed by atoms with van der Waals surface area (Å²) < 4.78 is 0. The second-order valence-electron chi connectivity index (χ2n) is 3.67. The van der Waals surface area contributed by atoms with E-state index < -0.39 is 0 Å². The summed E-state index contributed by atoms with van der Waals surface area (Å²) in [6, 6.07) is 11.9. The fourth-order valence-electron chi connectivity index (χ4n) is 1.69. The Morgan fingerprint density at radius 3 is 2.56 bits per heavy atom. The maximum Gasteiger partial charge on any atom is 0.0613 e. The lowest BCUT2D eigenvalue weighted by molar-refractivity contribution is 0.897. The zero-order valence-electron chi connectivity index (χ0n) is 9.30. The summed E-state index contributed by atoms with van der Waals surface area (Å²) in [5, 5.41) is 0. The van der Waals surface area contributed by atoms with E-state index in [4.69, 9.17) is 0 Å². The van der Waals surface area contributed by atoms with Gasteiger partial charge in [-0.2, -0.15) is 0 Å². The maximum absolute atomic E-state index is 4.51. The quantitative estimate of drug-likeness (QED) is 0.727. The average molecular weight is 210 g/mol. The second kappa shape index (κ2) is 4.71. The third kappa shape index (κ3) is 2.16. The molecule has 0 radical (unpaired) electrons. The van der Waals surface area contributed by atoms with Gasteiger partial charge in [0.25, 0.3) is 0 Å². The molecule has 80 valence electrons. The number of aromatic nitrogens is 2. The maximum atomic E-state index is 4.51. The molecule has 0 saturated carbocycles. The van der Waals surface area contributed by atoms with E-state index in [1.54, 1.807) is 6.20 Å². The zero-order chi connectivity index (χ0) is 11.4. The van der Waals surface area contributed by atoms with Gasteiger partial charge in [0.05, 0.1) is 17.3 Å². The van der Waals surface area contributed by atoms with Gasteiger partial charge in [-0.1, -0.05) is 18.2 Å². The van der Waals surface area contributed by atoms with Gasteiger partial charge in [-0.3, -0.25) is 9.97 Å². The van der Waals surface area contributed by atoms with Crippen LogP contribution in [-0.4, -0.2) is 9.97 Å². The number of nitrogens with zero attached hydrogens (tertiary/aromatic N) is 2. The summed E-state index contributed by atoms with van der Waals surface area (Å²) in [4.78, 5) is 8.85. The number of hydrogen-bond donors (Lipinski definition) is 0. The van der Waals surface area contributed by atoms with Crippen molar-refractivity contribution < 1.29 is 0 Å². The van der Waals surface area contributed by atoms with Crippen molar-refractivity contribution in [3.05, 3.63) is 72.3 Å². The molecule has 0 aliphatic carbocycles. The van der Waals surface area contributed by atoms with Gasteiger partial charge < -0.3 is 0 Å². The molecule has 0 spiro atoms. The molecule has 2 heterocycles.